The molecule has 2 aliphatic rings. The quantitative estimate of drug-likeness (QED) is 0.418. The van der Waals surface area contributed by atoms with Gasteiger partial charge in [0.1, 0.15) is 17.1 Å². The van der Waals surface area contributed by atoms with E-state index in [2.05, 4.69) is 15.5 Å². The molecular formula is C22H20N6O3S2. The molecule has 168 valence electrons. The van der Waals surface area contributed by atoms with E-state index >= 15 is 0 Å². The van der Waals surface area contributed by atoms with Gasteiger partial charge in [0, 0.05) is 17.7 Å². The first-order chi connectivity index (χ1) is 16.0. The third-order valence-electron chi connectivity index (χ3n) is 5.39. The normalized spacial score (nSPS) is 20.0. The number of esters is 1. The summed E-state index contributed by atoms with van der Waals surface area (Å²) in [6.07, 6.45) is -0.631. The van der Waals surface area contributed by atoms with Gasteiger partial charge in [0.05, 0.1) is 0 Å². The Morgan fingerprint density at radius 3 is 2.36 bits per heavy atom. The van der Waals surface area contributed by atoms with Crippen molar-refractivity contribution in [2.45, 2.75) is 22.7 Å². The lowest BCUT2D eigenvalue weighted by molar-refractivity contribution is -0.152. The standard InChI is InChI=1S/C22H20N6O3S2/c1-27-22(24-25-26-27)33-15-12-32-20-16(23)19(29)28(20)17(15)21(30)31-18(13-8-4-2-5-9-13)14-10-6-3-7-11-14/h2-11,16,18,20H,12,23H2,1H3/t16?,20-/m0/s1. The fourth-order valence-electron chi connectivity index (χ4n) is 3.72. The molecule has 1 saturated heterocycles. The van der Waals surface area contributed by atoms with E-state index in [-0.39, 0.29) is 17.0 Å². The van der Waals surface area contributed by atoms with Crippen LogP contribution in [0.1, 0.15) is 17.2 Å². The Balaban J connectivity index is 1.52. The number of ether oxygens (including phenoxy) is 1. The molecule has 1 fully saturated rings. The molecule has 0 saturated carbocycles. The zero-order chi connectivity index (χ0) is 22.9. The van der Waals surface area contributed by atoms with Crippen molar-refractivity contribution in [2.75, 3.05) is 5.75 Å². The highest BCUT2D eigenvalue weighted by Crippen LogP contribution is 2.45. The smallest absolute Gasteiger partial charge is 0.356 e. The zero-order valence-electron chi connectivity index (χ0n) is 17.6. The van der Waals surface area contributed by atoms with E-state index in [0.717, 1.165) is 11.1 Å². The van der Waals surface area contributed by atoms with Crippen LogP contribution in [-0.2, 0) is 21.4 Å². The number of carbonyl (C=O) groups is 2. The van der Waals surface area contributed by atoms with Crippen molar-refractivity contribution >= 4 is 35.4 Å². The maximum atomic E-state index is 13.6. The Hall–Kier alpha value is -3.15. The molecule has 0 radical (unpaired) electrons. The summed E-state index contributed by atoms with van der Waals surface area (Å²) in [5.74, 6) is -0.397. The lowest BCUT2D eigenvalue weighted by Crippen LogP contribution is -2.68. The molecule has 2 aromatic carbocycles. The van der Waals surface area contributed by atoms with Crippen LogP contribution in [0, 0.1) is 0 Å². The maximum absolute atomic E-state index is 13.6. The lowest BCUT2D eigenvalue weighted by atomic mass is 10.0. The largest absolute Gasteiger partial charge is 0.448 e. The first kappa shape index (κ1) is 21.7. The van der Waals surface area contributed by atoms with Crippen molar-refractivity contribution in [1.82, 2.24) is 25.1 Å². The lowest BCUT2D eigenvalue weighted by Gasteiger charge is -2.48. The van der Waals surface area contributed by atoms with Gasteiger partial charge in [-0.05, 0) is 33.3 Å². The Morgan fingerprint density at radius 1 is 1.15 bits per heavy atom. The van der Waals surface area contributed by atoms with Gasteiger partial charge in [-0.3, -0.25) is 9.69 Å². The second-order valence-electron chi connectivity index (χ2n) is 7.50. The summed E-state index contributed by atoms with van der Waals surface area (Å²) in [6, 6.07) is 18.4. The molecule has 3 aromatic rings. The van der Waals surface area contributed by atoms with E-state index in [1.165, 1.54) is 33.1 Å². The Labute approximate surface area is 198 Å². The highest BCUT2D eigenvalue weighted by atomic mass is 32.2. The van der Waals surface area contributed by atoms with Crippen LogP contribution in [0.25, 0.3) is 0 Å². The number of rotatable bonds is 6. The van der Waals surface area contributed by atoms with Crippen LogP contribution in [0.15, 0.2) is 76.4 Å². The van der Waals surface area contributed by atoms with Crippen LogP contribution in [0.2, 0.25) is 0 Å². The molecule has 9 nitrogen and oxygen atoms in total. The summed E-state index contributed by atoms with van der Waals surface area (Å²) in [6.45, 7) is 0. The van der Waals surface area contributed by atoms with Gasteiger partial charge in [-0.2, -0.15) is 0 Å². The number of fused-ring (bicyclic) bond motifs is 1. The third-order valence-corrected chi connectivity index (χ3v) is 7.99. The molecule has 0 spiro atoms. The fraction of sp³-hybridized carbons (Fsp3) is 0.227. The van der Waals surface area contributed by atoms with Gasteiger partial charge in [0.2, 0.25) is 11.1 Å². The number of benzene rings is 2. The molecule has 0 bridgehead atoms. The van der Waals surface area contributed by atoms with E-state index in [0.29, 0.717) is 15.8 Å². The molecule has 2 atom stereocenters. The van der Waals surface area contributed by atoms with Gasteiger partial charge >= 0.3 is 5.97 Å². The van der Waals surface area contributed by atoms with Gasteiger partial charge in [-0.15, -0.1) is 16.9 Å². The summed E-state index contributed by atoms with van der Waals surface area (Å²) < 4.78 is 7.58. The molecule has 33 heavy (non-hydrogen) atoms. The highest BCUT2D eigenvalue weighted by molar-refractivity contribution is 8.06. The predicted octanol–water partition coefficient (Wildman–Crippen LogP) is 2.09. The summed E-state index contributed by atoms with van der Waals surface area (Å²) >= 11 is 2.76. The monoisotopic (exact) mass is 480 g/mol. The summed E-state index contributed by atoms with van der Waals surface area (Å²) in [4.78, 5) is 28.4. The number of aromatic nitrogens is 4. The summed E-state index contributed by atoms with van der Waals surface area (Å²) in [5, 5.41) is 11.7. The molecular weight excluding hydrogens is 460 g/mol. The second-order valence-corrected chi connectivity index (χ2v) is 9.67. The molecule has 0 aliphatic carbocycles. The molecule has 1 amide bonds. The van der Waals surface area contributed by atoms with E-state index < -0.39 is 18.1 Å². The van der Waals surface area contributed by atoms with Gasteiger partial charge in [-0.25, -0.2) is 9.48 Å². The number of thioether (sulfide) groups is 2. The minimum absolute atomic E-state index is 0.204. The van der Waals surface area contributed by atoms with Crippen molar-refractivity contribution in [3.8, 4) is 0 Å². The van der Waals surface area contributed by atoms with Crippen LogP contribution in [-0.4, -0.2) is 54.2 Å². The van der Waals surface area contributed by atoms with E-state index in [1.807, 2.05) is 60.7 Å². The minimum Gasteiger partial charge on any atom is -0.448 e. The predicted molar refractivity (Wildman–Crippen MR) is 124 cm³/mol. The SMILES string of the molecule is Cn1nnnc1SC1=C(C(=O)OC(c2ccccc2)c2ccccc2)N2C(=O)C(N)[C@@H]2SC1. The maximum Gasteiger partial charge on any atom is 0.356 e. The second kappa shape index (κ2) is 9.00. The molecule has 5 rings (SSSR count). The van der Waals surface area contributed by atoms with Gasteiger partial charge in [-0.1, -0.05) is 60.7 Å². The first-order valence-corrected chi connectivity index (χ1v) is 12.1. The highest BCUT2D eigenvalue weighted by Gasteiger charge is 2.52. The minimum atomic E-state index is -0.639. The van der Waals surface area contributed by atoms with E-state index in [4.69, 9.17) is 10.5 Å². The van der Waals surface area contributed by atoms with Crippen molar-refractivity contribution in [3.63, 3.8) is 0 Å². The van der Waals surface area contributed by atoms with Crippen molar-refractivity contribution in [3.05, 3.63) is 82.4 Å². The number of carbonyl (C=O) groups excluding carboxylic acids is 2. The molecule has 3 heterocycles. The Bertz CT molecular complexity index is 1180. The number of amides is 1. The average Bonchev–Trinajstić information content (AvgIpc) is 3.26. The summed E-state index contributed by atoms with van der Waals surface area (Å²) in [5.41, 5.74) is 7.86. The van der Waals surface area contributed by atoms with Crippen LogP contribution < -0.4 is 5.73 Å². The fourth-order valence-corrected chi connectivity index (χ4v) is 6.05. The first-order valence-electron chi connectivity index (χ1n) is 10.2. The van der Waals surface area contributed by atoms with Crippen LogP contribution in [0.3, 0.4) is 0 Å². The number of β-lactam (4-membered cyclic amide) rings is 1. The van der Waals surface area contributed by atoms with E-state index in [1.54, 1.807) is 7.05 Å². The number of tetrazole rings is 1. The third kappa shape index (κ3) is 4.03. The molecule has 1 aromatic heterocycles. The van der Waals surface area contributed by atoms with Crippen LogP contribution >= 0.6 is 23.5 Å². The molecule has 2 aliphatic heterocycles. The Kier molecular flexibility index (Phi) is 5.92. The van der Waals surface area contributed by atoms with Gasteiger partial charge in [0.25, 0.3) is 0 Å². The number of nitrogens with two attached hydrogens (primary N) is 1. The van der Waals surface area contributed by atoms with Crippen LogP contribution in [0.5, 0.6) is 0 Å². The van der Waals surface area contributed by atoms with Crippen molar-refractivity contribution in [1.29, 1.82) is 0 Å². The zero-order valence-corrected chi connectivity index (χ0v) is 19.2. The number of hydrogen-bond acceptors (Lipinski definition) is 9. The van der Waals surface area contributed by atoms with Crippen molar-refractivity contribution < 1.29 is 14.3 Å². The van der Waals surface area contributed by atoms with Gasteiger partial charge < -0.3 is 10.5 Å². The summed E-state index contributed by atoms with van der Waals surface area (Å²) in [7, 11) is 1.71. The molecule has 2 N–H and O–H groups in total. The van der Waals surface area contributed by atoms with Crippen molar-refractivity contribution in [2.24, 2.45) is 12.8 Å². The average molecular weight is 481 g/mol. The Morgan fingerprint density at radius 2 is 1.79 bits per heavy atom. The van der Waals surface area contributed by atoms with Crippen LogP contribution in [0.4, 0.5) is 0 Å². The van der Waals surface area contributed by atoms with Gasteiger partial charge in [0.15, 0.2) is 6.10 Å². The van der Waals surface area contributed by atoms with E-state index in [9.17, 15) is 9.59 Å². The number of aryl methyl sites for hydroxylation is 1. The molecule has 1 unspecified atom stereocenters. The molecule has 11 heteroatoms. The number of nitrogens with zero attached hydrogens (tertiary/aromatic N) is 5. The number of hydrogen-bond donors (Lipinski definition) is 1. The topological polar surface area (TPSA) is 116 Å².